The van der Waals surface area contributed by atoms with E-state index >= 15 is 0 Å². The Morgan fingerprint density at radius 1 is 1.38 bits per heavy atom. The highest BCUT2D eigenvalue weighted by atomic mass is 32.2. The van der Waals surface area contributed by atoms with Crippen molar-refractivity contribution in [2.75, 3.05) is 13.2 Å². The van der Waals surface area contributed by atoms with E-state index in [-0.39, 0.29) is 5.92 Å². The van der Waals surface area contributed by atoms with Gasteiger partial charge in [0.05, 0.1) is 24.4 Å². The molecule has 0 amide bonds. The average molecular weight is 306 g/mol. The van der Waals surface area contributed by atoms with Crippen LogP contribution in [-0.2, 0) is 10.5 Å². The van der Waals surface area contributed by atoms with E-state index in [9.17, 15) is 5.11 Å². The molecule has 0 saturated carbocycles. The molecule has 1 saturated heterocycles. The minimum atomic E-state index is -0.462. The summed E-state index contributed by atoms with van der Waals surface area (Å²) in [5.41, 5.74) is 1.24. The van der Waals surface area contributed by atoms with Crippen LogP contribution in [0.4, 0.5) is 0 Å². The number of aliphatic hydroxyl groups excluding tert-OH is 1. The van der Waals surface area contributed by atoms with E-state index in [0.29, 0.717) is 37.1 Å². The Bertz CT molecular complexity index is 602. The van der Waals surface area contributed by atoms with Crippen LogP contribution in [0, 0.1) is 6.92 Å². The van der Waals surface area contributed by atoms with Gasteiger partial charge in [-0.1, -0.05) is 23.4 Å². The highest BCUT2D eigenvalue weighted by molar-refractivity contribution is 7.98. The van der Waals surface area contributed by atoms with Crippen LogP contribution in [0.1, 0.15) is 29.6 Å². The van der Waals surface area contributed by atoms with Crippen LogP contribution in [0.25, 0.3) is 0 Å². The van der Waals surface area contributed by atoms with Crippen molar-refractivity contribution in [2.45, 2.75) is 36.0 Å². The van der Waals surface area contributed by atoms with Crippen molar-refractivity contribution in [1.29, 1.82) is 0 Å². The number of benzene rings is 1. The van der Waals surface area contributed by atoms with E-state index in [0.717, 1.165) is 0 Å². The van der Waals surface area contributed by atoms with Gasteiger partial charge in [-0.05, 0) is 25.0 Å². The zero-order chi connectivity index (χ0) is 14.7. The molecule has 1 fully saturated rings. The van der Waals surface area contributed by atoms with Gasteiger partial charge >= 0.3 is 0 Å². The molecular weight excluding hydrogens is 288 g/mol. The molecule has 2 unspecified atom stereocenters. The first-order chi connectivity index (χ1) is 10.2. The van der Waals surface area contributed by atoms with Crippen LogP contribution in [0.2, 0.25) is 0 Å². The Labute approximate surface area is 127 Å². The first kappa shape index (κ1) is 14.6. The van der Waals surface area contributed by atoms with Crippen molar-refractivity contribution < 1.29 is 14.4 Å². The summed E-state index contributed by atoms with van der Waals surface area (Å²) in [5, 5.41) is 14.0. The molecule has 0 bridgehead atoms. The predicted molar refractivity (Wildman–Crippen MR) is 79.2 cm³/mol. The second-order valence-electron chi connectivity index (χ2n) is 5.14. The highest BCUT2D eigenvalue weighted by Crippen LogP contribution is 2.27. The molecule has 0 radical (unpaired) electrons. The standard InChI is InChI=1S/C15H18N2O3S/c1-10-4-2-3-5-13(10)21-9-14-16-15(20-17-14)11-8-19-7-6-12(11)18/h2-5,11-12,18H,6-9H2,1H3. The first-order valence-corrected chi connectivity index (χ1v) is 7.99. The maximum absolute atomic E-state index is 9.96. The Balaban J connectivity index is 1.64. The lowest BCUT2D eigenvalue weighted by Gasteiger charge is -2.24. The summed E-state index contributed by atoms with van der Waals surface area (Å²) < 4.78 is 10.6. The van der Waals surface area contributed by atoms with Crippen molar-refractivity contribution in [3.8, 4) is 0 Å². The van der Waals surface area contributed by atoms with Gasteiger partial charge in [0.2, 0.25) is 5.89 Å². The number of aliphatic hydroxyl groups is 1. The van der Waals surface area contributed by atoms with E-state index in [1.54, 1.807) is 11.8 Å². The fourth-order valence-corrected chi connectivity index (χ4v) is 3.17. The smallest absolute Gasteiger partial charge is 0.234 e. The summed E-state index contributed by atoms with van der Waals surface area (Å²) in [6.07, 6.45) is 0.149. The SMILES string of the molecule is Cc1ccccc1SCc1noc(C2COCCC2O)n1. The maximum atomic E-state index is 9.96. The molecule has 0 spiro atoms. The van der Waals surface area contributed by atoms with Crippen LogP contribution in [0.3, 0.4) is 0 Å². The van der Waals surface area contributed by atoms with Gasteiger partial charge in [0.25, 0.3) is 0 Å². The number of hydrogen-bond donors (Lipinski definition) is 1. The van der Waals surface area contributed by atoms with Crippen molar-refractivity contribution in [3.05, 3.63) is 41.5 Å². The van der Waals surface area contributed by atoms with Gasteiger partial charge in [0, 0.05) is 11.5 Å². The second-order valence-corrected chi connectivity index (χ2v) is 6.16. The Morgan fingerprint density at radius 2 is 2.24 bits per heavy atom. The van der Waals surface area contributed by atoms with Crippen molar-refractivity contribution in [1.82, 2.24) is 10.1 Å². The molecule has 0 aliphatic carbocycles. The summed E-state index contributed by atoms with van der Waals surface area (Å²) >= 11 is 1.68. The summed E-state index contributed by atoms with van der Waals surface area (Å²) in [6, 6.07) is 8.21. The number of aryl methyl sites for hydroxylation is 1. The molecule has 3 rings (SSSR count). The number of aromatic nitrogens is 2. The Kier molecular flexibility index (Phi) is 4.57. The number of ether oxygens (including phenoxy) is 1. The van der Waals surface area contributed by atoms with Crippen LogP contribution >= 0.6 is 11.8 Å². The van der Waals surface area contributed by atoms with Crippen molar-refractivity contribution >= 4 is 11.8 Å². The third-order valence-electron chi connectivity index (χ3n) is 3.57. The molecule has 2 atom stereocenters. The molecular formula is C15H18N2O3S. The van der Waals surface area contributed by atoms with Crippen LogP contribution < -0.4 is 0 Å². The van der Waals surface area contributed by atoms with Crippen LogP contribution in [0.5, 0.6) is 0 Å². The summed E-state index contributed by atoms with van der Waals surface area (Å²) in [7, 11) is 0. The van der Waals surface area contributed by atoms with E-state index < -0.39 is 6.10 Å². The minimum Gasteiger partial charge on any atom is -0.392 e. The number of hydrogen-bond acceptors (Lipinski definition) is 6. The van der Waals surface area contributed by atoms with Crippen LogP contribution in [-0.4, -0.2) is 34.6 Å². The van der Waals surface area contributed by atoms with Gasteiger partial charge in [-0.25, -0.2) is 0 Å². The first-order valence-electron chi connectivity index (χ1n) is 7.01. The molecule has 1 aromatic carbocycles. The minimum absolute atomic E-state index is 0.205. The van der Waals surface area contributed by atoms with Crippen molar-refractivity contribution in [3.63, 3.8) is 0 Å². The molecule has 5 nitrogen and oxygen atoms in total. The molecule has 2 heterocycles. The lowest BCUT2D eigenvalue weighted by molar-refractivity contribution is -0.0149. The molecule has 21 heavy (non-hydrogen) atoms. The molecule has 6 heteroatoms. The topological polar surface area (TPSA) is 68.4 Å². The van der Waals surface area contributed by atoms with Gasteiger partial charge in [0.1, 0.15) is 0 Å². The summed E-state index contributed by atoms with van der Waals surface area (Å²) in [6.45, 7) is 3.11. The van der Waals surface area contributed by atoms with Gasteiger partial charge in [0.15, 0.2) is 5.82 Å². The molecule has 1 aliphatic heterocycles. The third kappa shape index (κ3) is 3.45. The van der Waals surface area contributed by atoms with Gasteiger partial charge in [-0.3, -0.25) is 0 Å². The Hall–Kier alpha value is -1.37. The van der Waals surface area contributed by atoms with E-state index in [1.165, 1.54) is 10.5 Å². The summed E-state index contributed by atoms with van der Waals surface area (Å²) in [5.74, 6) is 1.57. The predicted octanol–water partition coefficient (Wildman–Crippen LogP) is 2.54. The van der Waals surface area contributed by atoms with E-state index in [2.05, 4.69) is 29.2 Å². The van der Waals surface area contributed by atoms with Crippen molar-refractivity contribution in [2.24, 2.45) is 0 Å². The normalized spacial score (nSPS) is 22.4. The third-order valence-corrected chi connectivity index (χ3v) is 4.74. The lowest BCUT2D eigenvalue weighted by atomic mass is 9.99. The molecule has 112 valence electrons. The molecule has 1 aliphatic rings. The molecule has 2 aromatic rings. The fourth-order valence-electron chi connectivity index (χ4n) is 2.30. The number of thioether (sulfide) groups is 1. The number of nitrogens with zero attached hydrogens (tertiary/aromatic N) is 2. The zero-order valence-electron chi connectivity index (χ0n) is 11.9. The highest BCUT2D eigenvalue weighted by Gasteiger charge is 2.30. The quantitative estimate of drug-likeness (QED) is 0.876. The molecule has 1 aromatic heterocycles. The lowest BCUT2D eigenvalue weighted by Crippen LogP contribution is -2.30. The second kappa shape index (κ2) is 6.60. The molecule has 1 N–H and O–H groups in total. The Morgan fingerprint density at radius 3 is 3.05 bits per heavy atom. The van der Waals surface area contributed by atoms with Gasteiger partial charge in [-0.15, -0.1) is 11.8 Å². The monoisotopic (exact) mass is 306 g/mol. The number of rotatable bonds is 4. The van der Waals surface area contributed by atoms with E-state index in [4.69, 9.17) is 9.26 Å². The summed E-state index contributed by atoms with van der Waals surface area (Å²) in [4.78, 5) is 5.60. The largest absolute Gasteiger partial charge is 0.392 e. The average Bonchev–Trinajstić information content (AvgIpc) is 2.96. The van der Waals surface area contributed by atoms with Gasteiger partial charge in [-0.2, -0.15) is 4.98 Å². The zero-order valence-corrected chi connectivity index (χ0v) is 12.7. The van der Waals surface area contributed by atoms with Crippen LogP contribution in [0.15, 0.2) is 33.7 Å². The van der Waals surface area contributed by atoms with E-state index in [1.807, 2.05) is 12.1 Å². The fraction of sp³-hybridized carbons (Fsp3) is 0.467. The van der Waals surface area contributed by atoms with Gasteiger partial charge < -0.3 is 14.4 Å². The maximum Gasteiger partial charge on any atom is 0.234 e.